The van der Waals surface area contributed by atoms with E-state index in [-0.39, 0.29) is 5.15 Å². The van der Waals surface area contributed by atoms with Crippen molar-refractivity contribution in [3.05, 3.63) is 39.5 Å². The van der Waals surface area contributed by atoms with E-state index in [4.69, 9.17) is 11.6 Å². The van der Waals surface area contributed by atoms with Crippen molar-refractivity contribution in [2.45, 2.75) is 6.18 Å². The number of nitrogens with zero attached hydrogens (tertiary/aromatic N) is 1. The van der Waals surface area contributed by atoms with Crippen LogP contribution in [0.1, 0.15) is 5.56 Å². The predicted octanol–water partition coefficient (Wildman–Crippen LogP) is 4.67. The van der Waals surface area contributed by atoms with Crippen molar-refractivity contribution in [1.82, 2.24) is 4.98 Å². The monoisotopic (exact) mass is 309 g/mol. The Kier molecular flexibility index (Phi) is 2.84. The summed E-state index contributed by atoms with van der Waals surface area (Å²) in [4.78, 5) is 3.95. The third-order valence-corrected chi connectivity index (χ3v) is 3.17. The first-order chi connectivity index (χ1) is 7.38. The van der Waals surface area contributed by atoms with Gasteiger partial charge in [0.05, 0.1) is 15.6 Å². The zero-order valence-corrected chi connectivity index (χ0v) is 9.99. The van der Waals surface area contributed by atoms with Crippen LogP contribution in [0, 0.1) is 0 Å². The van der Waals surface area contributed by atoms with Crippen LogP contribution in [0.4, 0.5) is 13.2 Å². The van der Waals surface area contributed by atoms with E-state index in [0.29, 0.717) is 15.4 Å². The number of benzene rings is 1. The van der Waals surface area contributed by atoms with Gasteiger partial charge in [-0.05, 0) is 40.2 Å². The number of rotatable bonds is 0. The van der Waals surface area contributed by atoms with Crippen molar-refractivity contribution in [2.75, 3.05) is 0 Å². The lowest BCUT2D eigenvalue weighted by Crippen LogP contribution is -2.04. The molecule has 16 heavy (non-hydrogen) atoms. The van der Waals surface area contributed by atoms with Crippen LogP contribution >= 0.6 is 27.5 Å². The summed E-state index contributed by atoms with van der Waals surface area (Å²) in [6.07, 6.45) is -4.35. The zero-order chi connectivity index (χ0) is 11.9. The molecule has 0 unspecified atom stereocenters. The minimum atomic E-state index is -4.35. The van der Waals surface area contributed by atoms with Crippen molar-refractivity contribution in [3.8, 4) is 0 Å². The van der Waals surface area contributed by atoms with Gasteiger partial charge in [0.2, 0.25) is 0 Å². The number of hydrogen-bond acceptors (Lipinski definition) is 1. The van der Waals surface area contributed by atoms with Crippen LogP contribution in [0.25, 0.3) is 10.9 Å². The maximum absolute atomic E-state index is 12.4. The molecule has 0 aliphatic carbocycles. The van der Waals surface area contributed by atoms with Gasteiger partial charge < -0.3 is 0 Å². The molecule has 1 aromatic carbocycles. The minimum Gasteiger partial charge on any atom is -0.235 e. The summed E-state index contributed by atoms with van der Waals surface area (Å²) in [7, 11) is 0. The molecule has 0 bridgehead atoms. The Morgan fingerprint density at radius 3 is 2.50 bits per heavy atom. The lowest BCUT2D eigenvalue weighted by atomic mass is 10.1. The summed E-state index contributed by atoms with van der Waals surface area (Å²) in [5, 5.41) is 0.623. The molecule has 2 aromatic rings. The van der Waals surface area contributed by atoms with Crippen molar-refractivity contribution in [3.63, 3.8) is 0 Å². The van der Waals surface area contributed by atoms with Crippen LogP contribution in [-0.2, 0) is 6.18 Å². The summed E-state index contributed by atoms with van der Waals surface area (Å²) < 4.78 is 37.8. The van der Waals surface area contributed by atoms with Gasteiger partial charge in [0.1, 0.15) is 5.15 Å². The molecular weight excluding hydrogens is 306 g/mol. The van der Waals surface area contributed by atoms with Gasteiger partial charge in [0.25, 0.3) is 0 Å². The molecule has 1 heterocycles. The summed E-state index contributed by atoms with van der Waals surface area (Å²) in [6.45, 7) is 0. The SMILES string of the molecule is FC(F)(F)c1ccc2nc(Cl)c(Br)cc2c1. The highest BCUT2D eigenvalue weighted by molar-refractivity contribution is 9.10. The lowest BCUT2D eigenvalue weighted by molar-refractivity contribution is -0.137. The molecule has 1 nitrogen and oxygen atoms in total. The molecule has 0 atom stereocenters. The second-order valence-corrected chi connectivity index (χ2v) is 4.38. The topological polar surface area (TPSA) is 12.9 Å². The van der Waals surface area contributed by atoms with Crippen molar-refractivity contribution in [2.24, 2.45) is 0 Å². The van der Waals surface area contributed by atoms with Gasteiger partial charge in [-0.3, -0.25) is 0 Å². The van der Waals surface area contributed by atoms with Gasteiger partial charge in [0.15, 0.2) is 0 Å². The Balaban J connectivity index is 2.67. The van der Waals surface area contributed by atoms with Crippen molar-refractivity contribution in [1.29, 1.82) is 0 Å². The molecule has 0 radical (unpaired) electrons. The molecular formula is C10H4BrClF3N. The highest BCUT2D eigenvalue weighted by atomic mass is 79.9. The summed E-state index contributed by atoms with van der Waals surface area (Å²) in [5.41, 5.74) is -0.266. The zero-order valence-electron chi connectivity index (χ0n) is 7.65. The summed E-state index contributed by atoms with van der Waals surface area (Å²) in [6, 6.07) is 4.85. The molecule has 0 N–H and O–H groups in total. The molecule has 0 spiro atoms. The number of fused-ring (bicyclic) bond motifs is 1. The Morgan fingerprint density at radius 2 is 1.88 bits per heavy atom. The van der Waals surface area contributed by atoms with Gasteiger partial charge >= 0.3 is 6.18 Å². The maximum Gasteiger partial charge on any atom is 0.416 e. The Hall–Kier alpha value is -0.810. The van der Waals surface area contributed by atoms with Crippen LogP contribution in [0.3, 0.4) is 0 Å². The van der Waals surface area contributed by atoms with E-state index in [1.807, 2.05) is 0 Å². The Labute approximate surface area is 102 Å². The molecule has 84 valence electrons. The van der Waals surface area contributed by atoms with Crippen LogP contribution < -0.4 is 0 Å². The highest BCUT2D eigenvalue weighted by Gasteiger charge is 2.30. The van der Waals surface area contributed by atoms with Crippen LogP contribution in [0.15, 0.2) is 28.7 Å². The number of alkyl halides is 3. The smallest absolute Gasteiger partial charge is 0.235 e. The molecule has 0 saturated carbocycles. The third kappa shape index (κ3) is 2.15. The summed E-state index contributed by atoms with van der Waals surface area (Å²) >= 11 is 8.85. The minimum absolute atomic E-state index is 0.229. The normalized spacial score (nSPS) is 12.1. The average Bonchev–Trinajstić information content (AvgIpc) is 2.17. The fourth-order valence-corrected chi connectivity index (χ4v) is 1.78. The third-order valence-electron chi connectivity index (χ3n) is 2.05. The molecule has 0 aliphatic rings. The Morgan fingerprint density at radius 1 is 1.19 bits per heavy atom. The van der Waals surface area contributed by atoms with Gasteiger partial charge in [-0.25, -0.2) is 4.98 Å². The highest BCUT2D eigenvalue weighted by Crippen LogP contribution is 2.32. The fraction of sp³-hybridized carbons (Fsp3) is 0.100. The van der Waals surface area contributed by atoms with E-state index < -0.39 is 11.7 Å². The molecule has 1 aromatic heterocycles. The standard InChI is InChI=1S/C10H4BrClF3N/c11-7-4-5-3-6(10(13,14)15)1-2-8(5)16-9(7)12/h1-4H. The Bertz CT molecular complexity index is 553. The van der Waals surface area contributed by atoms with E-state index in [1.54, 1.807) is 0 Å². The van der Waals surface area contributed by atoms with Gasteiger partial charge in [0, 0.05) is 5.39 Å². The molecule has 6 heteroatoms. The average molecular weight is 310 g/mol. The van der Waals surface area contributed by atoms with E-state index in [0.717, 1.165) is 12.1 Å². The number of halogens is 5. The second kappa shape index (κ2) is 3.89. The molecule has 2 rings (SSSR count). The largest absolute Gasteiger partial charge is 0.416 e. The van der Waals surface area contributed by atoms with E-state index >= 15 is 0 Å². The van der Waals surface area contributed by atoms with E-state index in [9.17, 15) is 13.2 Å². The molecule has 0 fully saturated rings. The molecule has 0 aliphatic heterocycles. The maximum atomic E-state index is 12.4. The van der Waals surface area contributed by atoms with Crippen LogP contribution in [0.5, 0.6) is 0 Å². The lowest BCUT2D eigenvalue weighted by Gasteiger charge is -2.07. The number of hydrogen-bond donors (Lipinski definition) is 0. The van der Waals surface area contributed by atoms with Crippen molar-refractivity contribution >= 4 is 38.4 Å². The second-order valence-electron chi connectivity index (χ2n) is 3.17. The number of pyridine rings is 1. The molecule has 0 saturated heterocycles. The fourth-order valence-electron chi connectivity index (χ4n) is 1.30. The van der Waals surface area contributed by atoms with E-state index in [2.05, 4.69) is 20.9 Å². The quantitative estimate of drug-likeness (QED) is 0.644. The first-order valence-corrected chi connectivity index (χ1v) is 5.38. The first-order valence-electron chi connectivity index (χ1n) is 4.21. The summed E-state index contributed by atoms with van der Waals surface area (Å²) in [5.74, 6) is 0. The van der Waals surface area contributed by atoms with Crippen molar-refractivity contribution < 1.29 is 13.2 Å². The van der Waals surface area contributed by atoms with Crippen LogP contribution in [-0.4, -0.2) is 4.98 Å². The van der Waals surface area contributed by atoms with Gasteiger partial charge in [-0.2, -0.15) is 13.2 Å². The van der Waals surface area contributed by atoms with E-state index in [1.165, 1.54) is 12.1 Å². The van der Waals surface area contributed by atoms with Gasteiger partial charge in [-0.1, -0.05) is 11.6 Å². The number of aromatic nitrogens is 1. The van der Waals surface area contributed by atoms with Gasteiger partial charge in [-0.15, -0.1) is 0 Å². The molecule has 0 amide bonds. The predicted molar refractivity (Wildman–Crippen MR) is 59.5 cm³/mol. The first kappa shape index (κ1) is 11.7. The van der Waals surface area contributed by atoms with Crippen LogP contribution in [0.2, 0.25) is 5.15 Å².